The van der Waals surface area contributed by atoms with Crippen molar-refractivity contribution >= 4 is 29.0 Å². The first-order chi connectivity index (χ1) is 8.65. The summed E-state index contributed by atoms with van der Waals surface area (Å²) in [5.41, 5.74) is 0. The first-order valence-corrected chi connectivity index (χ1v) is 6.98. The highest BCUT2D eigenvalue weighted by Gasteiger charge is 2.38. The Kier molecular flexibility index (Phi) is 3.34. The van der Waals surface area contributed by atoms with Gasteiger partial charge in [-0.25, -0.2) is 0 Å². The maximum Gasteiger partial charge on any atom is 0.171 e. The molecular formula is C12H15Cl2N3O. The molecule has 0 spiro atoms. The van der Waals surface area contributed by atoms with Crippen molar-refractivity contribution in [2.24, 2.45) is 5.92 Å². The summed E-state index contributed by atoms with van der Waals surface area (Å²) in [6.45, 7) is 3.68. The first-order valence-electron chi connectivity index (χ1n) is 6.22. The molecule has 0 bridgehead atoms. The van der Waals surface area contributed by atoms with E-state index in [1.807, 2.05) is 0 Å². The molecule has 6 heteroatoms. The largest absolute Gasteiger partial charge is 0.371 e. The molecule has 2 fully saturated rings. The number of hydrogen-bond donors (Lipinski definition) is 0. The van der Waals surface area contributed by atoms with Crippen molar-refractivity contribution in [1.29, 1.82) is 0 Å². The first kappa shape index (κ1) is 12.5. The fourth-order valence-corrected chi connectivity index (χ4v) is 2.77. The average Bonchev–Trinajstić information content (AvgIpc) is 3.16. The van der Waals surface area contributed by atoms with Gasteiger partial charge in [-0.05, 0) is 25.7 Å². The van der Waals surface area contributed by atoms with Gasteiger partial charge in [0.2, 0.25) is 0 Å². The lowest BCUT2D eigenvalue weighted by molar-refractivity contribution is -0.0274. The zero-order chi connectivity index (χ0) is 12.7. The fraction of sp³-hybridized carbons (Fsp3) is 0.667. The van der Waals surface area contributed by atoms with Crippen LogP contribution in [0.1, 0.15) is 19.8 Å². The van der Waals surface area contributed by atoms with Crippen LogP contribution in [0.5, 0.6) is 0 Å². The van der Waals surface area contributed by atoms with Crippen molar-refractivity contribution in [3.8, 4) is 0 Å². The second-order valence-electron chi connectivity index (χ2n) is 5.06. The molecule has 3 rings (SSSR count). The predicted molar refractivity (Wildman–Crippen MR) is 71.3 cm³/mol. The Morgan fingerprint density at radius 3 is 2.83 bits per heavy atom. The molecule has 98 valence electrons. The number of anilines is 1. The SMILES string of the molecule is C[C@@H]1CN(c2nncc(Cl)c2Cl)C[C@@H](C2CC2)O1. The Morgan fingerprint density at radius 1 is 1.33 bits per heavy atom. The van der Waals surface area contributed by atoms with E-state index in [9.17, 15) is 0 Å². The van der Waals surface area contributed by atoms with Crippen LogP contribution in [0.2, 0.25) is 10.0 Å². The Morgan fingerprint density at radius 2 is 2.11 bits per heavy atom. The van der Waals surface area contributed by atoms with Gasteiger partial charge in [0, 0.05) is 13.1 Å². The van der Waals surface area contributed by atoms with Crippen LogP contribution in [0.15, 0.2) is 6.20 Å². The van der Waals surface area contributed by atoms with Gasteiger partial charge in [-0.3, -0.25) is 0 Å². The summed E-state index contributed by atoms with van der Waals surface area (Å²) in [6, 6.07) is 0. The molecule has 1 saturated carbocycles. The molecule has 1 aliphatic heterocycles. The summed E-state index contributed by atoms with van der Waals surface area (Å²) in [7, 11) is 0. The number of nitrogens with zero attached hydrogens (tertiary/aromatic N) is 3. The van der Waals surface area contributed by atoms with Gasteiger partial charge in [0.1, 0.15) is 5.02 Å². The smallest absolute Gasteiger partial charge is 0.171 e. The molecule has 0 aromatic carbocycles. The minimum Gasteiger partial charge on any atom is -0.371 e. The third-order valence-corrected chi connectivity index (χ3v) is 4.22. The quantitative estimate of drug-likeness (QED) is 0.838. The predicted octanol–water partition coefficient (Wildman–Crippen LogP) is 2.79. The minimum atomic E-state index is 0.182. The molecule has 0 N–H and O–H groups in total. The minimum absolute atomic E-state index is 0.182. The topological polar surface area (TPSA) is 38.2 Å². The number of ether oxygens (including phenoxy) is 1. The molecule has 1 aromatic heterocycles. The highest BCUT2D eigenvalue weighted by Crippen LogP contribution is 2.38. The second kappa shape index (κ2) is 4.83. The standard InChI is InChI=1S/C12H15Cl2N3O/c1-7-5-17(6-10(18-7)8-2-3-8)12-11(14)9(13)4-15-16-12/h4,7-8,10H,2-3,5-6H2,1H3/t7-,10+/m1/s1. The zero-order valence-electron chi connectivity index (χ0n) is 10.1. The molecule has 0 unspecified atom stereocenters. The number of halogens is 2. The van der Waals surface area contributed by atoms with E-state index in [0.29, 0.717) is 21.8 Å². The normalized spacial score (nSPS) is 28.5. The number of hydrogen-bond acceptors (Lipinski definition) is 4. The monoisotopic (exact) mass is 287 g/mol. The van der Waals surface area contributed by atoms with Crippen LogP contribution in [0, 0.1) is 5.92 Å². The summed E-state index contributed by atoms with van der Waals surface area (Å²) in [5.74, 6) is 1.37. The van der Waals surface area contributed by atoms with E-state index >= 15 is 0 Å². The van der Waals surface area contributed by atoms with Gasteiger partial charge in [0.25, 0.3) is 0 Å². The Balaban J connectivity index is 1.83. The van der Waals surface area contributed by atoms with Crippen LogP contribution in [-0.2, 0) is 4.74 Å². The number of aromatic nitrogens is 2. The summed E-state index contributed by atoms with van der Waals surface area (Å²) < 4.78 is 5.97. The summed E-state index contributed by atoms with van der Waals surface area (Å²) >= 11 is 12.2. The van der Waals surface area contributed by atoms with Crippen molar-refractivity contribution in [2.75, 3.05) is 18.0 Å². The molecule has 0 radical (unpaired) electrons. The van der Waals surface area contributed by atoms with Crippen LogP contribution >= 0.6 is 23.2 Å². The molecule has 1 aliphatic carbocycles. The van der Waals surface area contributed by atoms with Crippen molar-refractivity contribution in [3.05, 3.63) is 16.2 Å². The third-order valence-electron chi connectivity index (χ3n) is 3.46. The van der Waals surface area contributed by atoms with Gasteiger partial charge in [-0.1, -0.05) is 23.2 Å². The van der Waals surface area contributed by atoms with Gasteiger partial charge < -0.3 is 9.64 Å². The van der Waals surface area contributed by atoms with Crippen LogP contribution < -0.4 is 4.90 Å². The van der Waals surface area contributed by atoms with Crippen LogP contribution in [0.3, 0.4) is 0 Å². The van der Waals surface area contributed by atoms with E-state index in [4.69, 9.17) is 27.9 Å². The van der Waals surface area contributed by atoms with E-state index in [1.165, 1.54) is 19.0 Å². The Bertz CT molecular complexity index is 453. The Hall–Kier alpha value is -0.580. The molecule has 1 saturated heterocycles. The maximum absolute atomic E-state index is 6.20. The molecule has 2 heterocycles. The highest BCUT2D eigenvalue weighted by atomic mass is 35.5. The molecule has 18 heavy (non-hydrogen) atoms. The van der Waals surface area contributed by atoms with E-state index in [2.05, 4.69) is 22.0 Å². The maximum atomic E-state index is 6.20. The van der Waals surface area contributed by atoms with Crippen molar-refractivity contribution in [3.63, 3.8) is 0 Å². The van der Waals surface area contributed by atoms with Crippen LogP contribution in [0.25, 0.3) is 0 Å². The fourth-order valence-electron chi connectivity index (χ4n) is 2.43. The third kappa shape index (κ3) is 2.42. The van der Waals surface area contributed by atoms with Crippen molar-refractivity contribution < 1.29 is 4.74 Å². The molecule has 2 aliphatic rings. The summed E-state index contributed by atoms with van der Waals surface area (Å²) in [4.78, 5) is 2.14. The van der Waals surface area contributed by atoms with Crippen molar-refractivity contribution in [2.45, 2.75) is 32.0 Å². The number of morpholine rings is 1. The van der Waals surface area contributed by atoms with E-state index in [1.54, 1.807) is 0 Å². The lowest BCUT2D eigenvalue weighted by Gasteiger charge is -2.37. The van der Waals surface area contributed by atoms with Crippen LogP contribution in [0.4, 0.5) is 5.82 Å². The van der Waals surface area contributed by atoms with Crippen molar-refractivity contribution in [1.82, 2.24) is 10.2 Å². The lowest BCUT2D eigenvalue weighted by atomic mass is 10.1. The number of rotatable bonds is 2. The molecule has 2 atom stereocenters. The molecular weight excluding hydrogens is 273 g/mol. The van der Waals surface area contributed by atoms with Gasteiger partial charge in [0.15, 0.2) is 5.82 Å². The molecule has 4 nitrogen and oxygen atoms in total. The molecule has 0 amide bonds. The van der Waals surface area contributed by atoms with E-state index in [-0.39, 0.29) is 12.2 Å². The summed E-state index contributed by atoms with van der Waals surface area (Å²) in [5, 5.41) is 8.93. The molecule has 1 aromatic rings. The van der Waals surface area contributed by atoms with E-state index in [0.717, 1.165) is 13.1 Å². The zero-order valence-corrected chi connectivity index (χ0v) is 11.7. The lowest BCUT2D eigenvalue weighted by Crippen LogP contribution is -2.48. The van der Waals surface area contributed by atoms with Gasteiger partial charge in [-0.2, -0.15) is 5.10 Å². The van der Waals surface area contributed by atoms with Gasteiger partial charge in [-0.15, -0.1) is 5.10 Å². The van der Waals surface area contributed by atoms with Gasteiger partial charge >= 0.3 is 0 Å². The Labute approximate surface area is 116 Å². The highest BCUT2D eigenvalue weighted by molar-refractivity contribution is 6.43. The second-order valence-corrected chi connectivity index (χ2v) is 5.84. The van der Waals surface area contributed by atoms with Crippen LogP contribution in [-0.4, -0.2) is 35.5 Å². The van der Waals surface area contributed by atoms with Gasteiger partial charge in [0.05, 0.1) is 23.4 Å². The average molecular weight is 288 g/mol. The summed E-state index contributed by atoms with van der Waals surface area (Å²) in [6.07, 6.45) is 4.46. The van der Waals surface area contributed by atoms with E-state index < -0.39 is 0 Å².